The lowest BCUT2D eigenvalue weighted by Crippen LogP contribution is -2.39. The summed E-state index contributed by atoms with van der Waals surface area (Å²) in [6.45, 7) is 8.97. The van der Waals surface area contributed by atoms with E-state index in [4.69, 9.17) is 4.74 Å². The number of hydrogen-bond acceptors (Lipinski definition) is 4. The van der Waals surface area contributed by atoms with Crippen molar-refractivity contribution < 1.29 is 14.3 Å². The predicted molar refractivity (Wildman–Crippen MR) is 105 cm³/mol. The van der Waals surface area contributed by atoms with Crippen molar-refractivity contribution in [3.8, 4) is 11.3 Å². The predicted octanol–water partition coefficient (Wildman–Crippen LogP) is 2.94. The number of ether oxygens (including phenoxy) is 1. The van der Waals surface area contributed by atoms with E-state index in [1.165, 1.54) is 15.7 Å². The Bertz CT molecular complexity index is 990. The summed E-state index contributed by atoms with van der Waals surface area (Å²) in [5, 5.41) is 0. The topological polar surface area (TPSA) is 68.6 Å². The second-order valence-electron chi connectivity index (χ2n) is 6.46. The minimum atomic E-state index is -0.496. The monoisotopic (exact) mass is 366 g/mol. The highest BCUT2D eigenvalue weighted by Gasteiger charge is 2.34. The van der Waals surface area contributed by atoms with Crippen LogP contribution in [0, 0.1) is 6.92 Å². The molecule has 0 saturated heterocycles. The molecular formula is C21H22N2O4. The van der Waals surface area contributed by atoms with E-state index >= 15 is 0 Å². The number of rotatable bonds is 4. The van der Waals surface area contributed by atoms with Gasteiger partial charge in [0, 0.05) is 17.3 Å². The molecule has 1 aliphatic rings. The molecule has 1 atom stereocenters. The third-order valence-electron chi connectivity index (χ3n) is 4.78. The molecule has 1 unspecified atom stereocenters. The van der Waals surface area contributed by atoms with Gasteiger partial charge in [-0.25, -0.2) is 0 Å². The molecule has 1 aromatic heterocycles. The fourth-order valence-electron chi connectivity index (χ4n) is 3.47. The van der Waals surface area contributed by atoms with E-state index in [0.717, 1.165) is 11.1 Å². The highest BCUT2D eigenvalue weighted by Crippen LogP contribution is 2.40. The summed E-state index contributed by atoms with van der Waals surface area (Å²) in [6.07, 6.45) is 1.44. The molecule has 6 heteroatoms. The van der Waals surface area contributed by atoms with Gasteiger partial charge in [-0.3, -0.25) is 23.9 Å². The summed E-state index contributed by atoms with van der Waals surface area (Å²) < 4.78 is 6.49. The molecule has 2 aromatic rings. The van der Waals surface area contributed by atoms with Crippen molar-refractivity contribution in [2.45, 2.75) is 26.7 Å². The molecule has 0 fully saturated rings. The summed E-state index contributed by atoms with van der Waals surface area (Å²) in [5.41, 5.74) is 2.88. The Morgan fingerprint density at radius 2 is 2.00 bits per heavy atom. The Balaban J connectivity index is 2.35. The number of aromatic nitrogens is 1. The standard InChI is InChI=1S/C21H22N2O4/c1-5-22-19-16-10-8-7-9-15(16)14(4)21(26)23(12-18(24)27-6-2)17(19)11-13(3)20(22)25/h5,7-11,14H,1,6,12H2,2-4H3. The fraction of sp³-hybridized carbons (Fsp3) is 0.286. The largest absolute Gasteiger partial charge is 0.465 e. The lowest BCUT2D eigenvalue weighted by molar-refractivity contribution is -0.142. The quantitative estimate of drug-likeness (QED) is 0.780. The maximum Gasteiger partial charge on any atom is 0.326 e. The van der Waals surface area contributed by atoms with Gasteiger partial charge in [-0.1, -0.05) is 30.8 Å². The Morgan fingerprint density at radius 1 is 1.30 bits per heavy atom. The van der Waals surface area contributed by atoms with Crippen molar-refractivity contribution in [3.63, 3.8) is 0 Å². The van der Waals surface area contributed by atoms with Crippen molar-refractivity contribution in [3.05, 3.63) is 58.4 Å². The number of carbonyl (C=O) groups is 2. The number of esters is 1. The molecule has 3 rings (SSSR count). The SMILES string of the molecule is C=Cn1c2c(cc(C)c1=O)N(CC(=O)OCC)C(=O)C(C)c1ccccc1-2. The van der Waals surface area contributed by atoms with Crippen LogP contribution in [0.2, 0.25) is 0 Å². The minimum absolute atomic E-state index is 0.211. The number of carbonyl (C=O) groups excluding carboxylic acids is 2. The van der Waals surface area contributed by atoms with Gasteiger partial charge < -0.3 is 4.74 Å². The number of anilines is 1. The van der Waals surface area contributed by atoms with Gasteiger partial charge in [-0.05, 0) is 32.4 Å². The van der Waals surface area contributed by atoms with Gasteiger partial charge in [0.05, 0.1) is 23.9 Å². The molecule has 0 spiro atoms. The zero-order valence-corrected chi connectivity index (χ0v) is 15.7. The summed E-state index contributed by atoms with van der Waals surface area (Å²) in [6, 6.07) is 9.12. The Labute approximate surface area is 157 Å². The van der Waals surface area contributed by atoms with Crippen LogP contribution in [0.15, 0.2) is 41.7 Å². The lowest BCUT2D eigenvalue weighted by atomic mass is 9.94. The van der Waals surface area contributed by atoms with Gasteiger partial charge in [0.2, 0.25) is 5.91 Å². The molecular weight excluding hydrogens is 344 g/mol. The van der Waals surface area contributed by atoms with Crippen LogP contribution in [0.1, 0.15) is 30.9 Å². The number of fused-ring (bicyclic) bond motifs is 3. The smallest absolute Gasteiger partial charge is 0.326 e. The molecule has 1 aliphatic heterocycles. The van der Waals surface area contributed by atoms with Gasteiger partial charge in [0.1, 0.15) is 6.54 Å². The molecule has 140 valence electrons. The van der Waals surface area contributed by atoms with Crippen molar-refractivity contribution >= 4 is 23.8 Å². The first-order chi connectivity index (χ1) is 12.9. The van der Waals surface area contributed by atoms with Gasteiger partial charge in [-0.2, -0.15) is 0 Å². The molecule has 27 heavy (non-hydrogen) atoms. The normalized spacial score (nSPS) is 15.6. The molecule has 0 N–H and O–H groups in total. The fourth-order valence-corrected chi connectivity index (χ4v) is 3.47. The molecule has 0 bridgehead atoms. The number of amides is 1. The Morgan fingerprint density at radius 3 is 2.67 bits per heavy atom. The number of hydrogen-bond donors (Lipinski definition) is 0. The maximum absolute atomic E-state index is 13.2. The summed E-state index contributed by atoms with van der Waals surface area (Å²) in [5.74, 6) is -1.19. The first-order valence-corrected chi connectivity index (χ1v) is 8.85. The van der Waals surface area contributed by atoms with Crippen LogP contribution in [-0.4, -0.2) is 29.6 Å². The maximum atomic E-state index is 13.2. The van der Waals surface area contributed by atoms with Crippen molar-refractivity contribution in [1.29, 1.82) is 0 Å². The van der Waals surface area contributed by atoms with E-state index in [0.29, 0.717) is 16.9 Å². The summed E-state index contributed by atoms with van der Waals surface area (Å²) in [4.78, 5) is 39.5. The highest BCUT2D eigenvalue weighted by molar-refractivity contribution is 6.07. The van der Waals surface area contributed by atoms with E-state index in [-0.39, 0.29) is 24.6 Å². The van der Waals surface area contributed by atoms with Crippen molar-refractivity contribution in [1.82, 2.24) is 4.57 Å². The number of pyridine rings is 1. The number of benzene rings is 1. The first-order valence-electron chi connectivity index (χ1n) is 8.85. The van der Waals surface area contributed by atoms with Crippen LogP contribution in [-0.2, 0) is 14.3 Å². The van der Waals surface area contributed by atoms with Gasteiger partial charge in [0.15, 0.2) is 0 Å². The molecule has 0 radical (unpaired) electrons. The zero-order chi connectivity index (χ0) is 19.7. The molecule has 0 saturated carbocycles. The van der Waals surface area contributed by atoms with Gasteiger partial charge in [0.25, 0.3) is 5.56 Å². The summed E-state index contributed by atoms with van der Waals surface area (Å²) >= 11 is 0. The van der Waals surface area contributed by atoms with Gasteiger partial charge in [-0.15, -0.1) is 0 Å². The highest BCUT2D eigenvalue weighted by atomic mass is 16.5. The minimum Gasteiger partial charge on any atom is -0.465 e. The van der Waals surface area contributed by atoms with E-state index in [1.54, 1.807) is 26.8 Å². The molecule has 0 aliphatic carbocycles. The average Bonchev–Trinajstić information content (AvgIpc) is 2.74. The van der Waals surface area contributed by atoms with Crippen LogP contribution in [0.5, 0.6) is 0 Å². The van der Waals surface area contributed by atoms with Crippen LogP contribution in [0.25, 0.3) is 17.5 Å². The van der Waals surface area contributed by atoms with Crippen molar-refractivity contribution in [2.75, 3.05) is 18.1 Å². The van der Waals surface area contributed by atoms with Crippen LogP contribution >= 0.6 is 0 Å². The van der Waals surface area contributed by atoms with E-state index < -0.39 is 11.9 Å². The Hall–Kier alpha value is -3.15. The van der Waals surface area contributed by atoms with Crippen LogP contribution in [0.3, 0.4) is 0 Å². The Kier molecular flexibility index (Phi) is 4.99. The van der Waals surface area contributed by atoms with E-state index in [1.807, 2.05) is 24.3 Å². The molecule has 6 nitrogen and oxygen atoms in total. The number of nitrogens with zero attached hydrogens (tertiary/aromatic N) is 2. The second kappa shape index (κ2) is 7.23. The third-order valence-corrected chi connectivity index (χ3v) is 4.78. The van der Waals surface area contributed by atoms with Gasteiger partial charge >= 0.3 is 5.97 Å². The van der Waals surface area contributed by atoms with Crippen LogP contribution < -0.4 is 10.5 Å². The first kappa shape index (κ1) is 18.6. The molecule has 1 amide bonds. The summed E-state index contributed by atoms with van der Waals surface area (Å²) in [7, 11) is 0. The number of aryl methyl sites for hydroxylation is 1. The van der Waals surface area contributed by atoms with Crippen molar-refractivity contribution in [2.24, 2.45) is 0 Å². The average molecular weight is 366 g/mol. The lowest BCUT2D eigenvalue weighted by Gasteiger charge is -2.25. The van der Waals surface area contributed by atoms with E-state index in [2.05, 4.69) is 6.58 Å². The van der Waals surface area contributed by atoms with E-state index in [9.17, 15) is 14.4 Å². The zero-order valence-electron chi connectivity index (χ0n) is 15.7. The van der Waals surface area contributed by atoms with Crippen LogP contribution in [0.4, 0.5) is 5.69 Å². The molecule has 2 heterocycles. The molecule has 1 aromatic carbocycles. The second-order valence-corrected chi connectivity index (χ2v) is 6.46. The third kappa shape index (κ3) is 3.07.